The van der Waals surface area contributed by atoms with E-state index in [2.05, 4.69) is 4.98 Å². The SMILES string of the molecule is CCc1cc(C(O)(c2ccc3nc(N(C)CCOC)c(-c4ccccc4)c(Cl)c3c2)c2cncn2C)ccc1C(C)(F)F. The molecule has 43 heavy (non-hydrogen) atoms. The Balaban J connectivity index is 1.77. The van der Waals surface area contributed by atoms with E-state index in [4.69, 9.17) is 21.3 Å². The molecule has 0 saturated carbocycles. The van der Waals surface area contributed by atoms with Crippen molar-refractivity contribution in [1.29, 1.82) is 0 Å². The van der Waals surface area contributed by atoms with E-state index < -0.39 is 11.5 Å². The number of ether oxygens (including phenoxy) is 1. The van der Waals surface area contributed by atoms with E-state index in [1.807, 2.05) is 61.3 Å². The third-order valence-corrected chi connectivity index (χ3v) is 8.33. The number of alkyl halides is 2. The van der Waals surface area contributed by atoms with Gasteiger partial charge in [0.15, 0.2) is 5.60 Å². The van der Waals surface area contributed by atoms with Gasteiger partial charge in [0.1, 0.15) is 5.82 Å². The molecule has 0 amide bonds. The number of benzene rings is 3. The van der Waals surface area contributed by atoms with E-state index in [0.717, 1.165) is 18.1 Å². The number of halogens is 3. The van der Waals surface area contributed by atoms with E-state index in [-0.39, 0.29) is 5.56 Å². The topological polar surface area (TPSA) is 63.4 Å². The van der Waals surface area contributed by atoms with Gasteiger partial charge in [-0.1, -0.05) is 73.1 Å². The van der Waals surface area contributed by atoms with Crippen molar-refractivity contribution < 1.29 is 18.6 Å². The molecule has 2 aromatic heterocycles. The van der Waals surface area contributed by atoms with Gasteiger partial charge < -0.3 is 19.3 Å². The Bertz CT molecular complexity index is 1750. The van der Waals surface area contributed by atoms with E-state index in [1.54, 1.807) is 49.4 Å². The molecular weight excluding hydrogens is 570 g/mol. The van der Waals surface area contributed by atoms with Gasteiger partial charge in [0, 0.05) is 51.2 Å². The van der Waals surface area contributed by atoms with Gasteiger partial charge in [-0.05, 0) is 40.8 Å². The third kappa shape index (κ3) is 5.62. The van der Waals surface area contributed by atoms with E-state index in [1.165, 1.54) is 6.07 Å². The summed E-state index contributed by atoms with van der Waals surface area (Å²) in [6.07, 6.45) is 3.56. The molecule has 6 nitrogen and oxygen atoms in total. The standard InChI is InChI=1S/C34H35ClF2N4O2/c1-6-22-18-24(12-14-27(22)33(2,36)37)34(42,29-20-38-21-41(29)4)25-13-15-28-26(19-25)31(35)30(23-10-8-7-9-11-23)32(39-28)40(3)16-17-43-5/h7-15,18-21,42H,6,16-17H2,1-5H3. The summed E-state index contributed by atoms with van der Waals surface area (Å²) in [6.45, 7) is 3.83. The molecule has 5 rings (SSSR count). The number of aryl methyl sites for hydroxylation is 2. The van der Waals surface area contributed by atoms with E-state index in [9.17, 15) is 13.9 Å². The smallest absolute Gasteiger partial charge is 0.270 e. The Kier molecular flexibility index (Phi) is 8.56. The summed E-state index contributed by atoms with van der Waals surface area (Å²) in [4.78, 5) is 11.3. The van der Waals surface area contributed by atoms with Crippen molar-refractivity contribution in [3.63, 3.8) is 0 Å². The predicted molar refractivity (Wildman–Crippen MR) is 168 cm³/mol. The fourth-order valence-corrected chi connectivity index (χ4v) is 5.96. The highest BCUT2D eigenvalue weighted by molar-refractivity contribution is 6.38. The maximum Gasteiger partial charge on any atom is 0.270 e. The quantitative estimate of drug-likeness (QED) is 0.181. The van der Waals surface area contributed by atoms with Crippen molar-refractivity contribution in [3.8, 4) is 11.1 Å². The molecule has 0 spiro atoms. The van der Waals surface area contributed by atoms with Gasteiger partial charge in [0.2, 0.25) is 0 Å². The first-order valence-corrected chi connectivity index (χ1v) is 14.5. The Morgan fingerprint density at radius 1 is 1.05 bits per heavy atom. The zero-order chi connectivity index (χ0) is 30.9. The molecule has 0 saturated heterocycles. The predicted octanol–water partition coefficient (Wildman–Crippen LogP) is 7.33. The number of hydrogen-bond donors (Lipinski definition) is 1. The van der Waals surface area contributed by atoms with Crippen LogP contribution in [0.15, 0.2) is 79.3 Å². The molecule has 5 aromatic rings. The average molecular weight is 605 g/mol. The maximum absolute atomic E-state index is 14.4. The van der Waals surface area contributed by atoms with Crippen LogP contribution in [0, 0.1) is 0 Å². The number of hydrogen-bond acceptors (Lipinski definition) is 5. The van der Waals surface area contributed by atoms with Crippen molar-refractivity contribution >= 4 is 28.3 Å². The maximum atomic E-state index is 14.4. The van der Waals surface area contributed by atoms with Gasteiger partial charge >= 0.3 is 0 Å². The fraction of sp³-hybridized carbons (Fsp3) is 0.294. The molecule has 9 heteroatoms. The first-order chi connectivity index (χ1) is 20.5. The van der Waals surface area contributed by atoms with Crippen LogP contribution in [-0.4, -0.2) is 47.0 Å². The van der Waals surface area contributed by atoms with Crippen LogP contribution in [-0.2, 0) is 29.7 Å². The van der Waals surface area contributed by atoms with Crippen LogP contribution in [0.25, 0.3) is 22.0 Å². The van der Waals surface area contributed by atoms with Gasteiger partial charge in [-0.3, -0.25) is 0 Å². The molecule has 1 N–H and O–H groups in total. The van der Waals surface area contributed by atoms with Gasteiger partial charge in [-0.2, -0.15) is 0 Å². The summed E-state index contributed by atoms with van der Waals surface area (Å²) in [6, 6.07) is 19.9. The van der Waals surface area contributed by atoms with E-state index >= 15 is 0 Å². The van der Waals surface area contributed by atoms with Crippen molar-refractivity contribution in [2.45, 2.75) is 31.8 Å². The lowest BCUT2D eigenvalue weighted by atomic mass is 9.81. The van der Waals surface area contributed by atoms with Crippen LogP contribution in [0.3, 0.4) is 0 Å². The summed E-state index contributed by atoms with van der Waals surface area (Å²) in [5.74, 6) is -2.31. The minimum absolute atomic E-state index is 0.0607. The van der Waals surface area contributed by atoms with E-state index in [0.29, 0.717) is 63.7 Å². The number of aromatic nitrogens is 3. The summed E-state index contributed by atoms with van der Waals surface area (Å²) in [7, 11) is 5.39. The van der Waals surface area contributed by atoms with Crippen molar-refractivity contribution in [2.24, 2.45) is 7.05 Å². The second-order valence-corrected chi connectivity index (χ2v) is 11.2. The summed E-state index contributed by atoms with van der Waals surface area (Å²) < 4.78 is 35.9. The average Bonchev–Trinajstić information content (AvgIpc) is 3.45. The molecule has 0 bridgehead atoms. The fourth-order valence-electron chi connectivity index (χ4n) is 5.62. The number of aliphatic hydroxyl groups is 1. The van der Waals surface area contributed by atoms with Crippen LogP contribution in [0.1, 0.15) is 41.8 Å². The number of imidazole rings is 1. The van der Waals surface area contributed by atoms with Gasteiger partial charge in [0.25, 0.3) is 5.92 Å². The number of likely N-dealkylation sites (N-methyl/N-ethyl adjacent to an activating group) is 1. The van der Waals surface area contributed by atoms with Crippen molar-refractivity contribution in [1.82, 2.24) is 14.5 Å². The zero-order valence-electron chi connectivity index (χ0n) is 24.9. The Hall–Kier alpha value is -3.85. The second kappa shape index (κ2) is 12.0. The molecular formula is C34H35ClF2N4O2. The normalized spacial score (nSPS) is 13.3. The minimum atomic E-state index is -3.02. The summed E-state index contributed by atoms with van der Waals surface area (Å²) in [5, 5.41) is 13.8. The molecule has 1 unspecified atom stereocenters. The van der Waals surface area contributed by atoms with Crippen molar-refractivity contribution in [2.75, 3.05) is 32.2 Å². The molecule has 1 atom stereocenters. The molecule has 0 radical (unpaired) electrons. The first kappa shape index (κ1) is 30.6. The largest absolute Gasteiger partial charge is 0.383 e. The highest BCUT2D eigenvalue weighted by atomic mass is 35.5. The van der Waals surface area contributed by atoms with Crippen LogP contribution in [0.4, 0.5) is 14.6 Å². The first-order valence-electron chi connectivity index (χ1n) is 14.1. The molecule has 0 aliphatic carbocycles. The number of fused-ring (bicyclic) bond motifs is 1. The zero-order valence-corrected chi connectivity index (χ0v) is 25.7. The number of rotatable bonds is 10. The van der Waals surface area contributed by atoms with Crippen LogP contribution < -0.4 is 4.90 Å². The lowest BCUT2D eigenvalue weighted by molar-refractivity contribution is 0.0164. The molecule has 0 aliphatic rings. The molecule has 3 aromatic carbocycles. The number of nitrogens with zero attached hydrogens (tertiary/aromatic N) is 4. The number of methoxy groups -OCH3 is 1. The lowest BCUT2D eigenvalue weighted by Crippen LogP contribution is -2.31. The van der Waals surface area contributed by atoms with Crippen molar-refractivity contribution in [3.05, 3.63) is 112 Å². The summed E-state index contributed by atoms with van der Waals surface area (Å²) in [5.41, 5.74) is 2.41. The van der Waals surface area contributed by atoms with Gasteiger partial charge in [-0.15, -0.1) is 0 Å². The lowest BCUT2D eigenvalue weighted by Gasteiger charge is -2.31. The minimum Gasteiger partial charge on any atom is -0.383 e. The number of anilines is 1. The van der Waals surface area contributed by atoms with Gasteiger partial charge in [-0.25, -0.2) is 18.7 Å². The molecule has 2 heterocycles. The third-order valence-electron chi connectivity index (χ3n) is 7.94. The Labute approximate surface area is 255 Å². The molecule has 0 fully saturated rings. The monoisotopic (exact) mass is 604 g/mol. The van der Waals surface area contributed by atoms with Gasteiger partial charge in [0.05, 0.1) is 35.4 Å². The van der Waals surface area contributed by atoms with Crippen LogP contribution in [0.2, 0.25) is 5.02 Å². The summed E-state index contributed by atoms with van der Waals surface area (Å²) >= 11 is 7.22. The highest BCUT2D eigenvalue weighted by Crippen LogP contribution is 2.44. The number of pyridine rings is 1. The Morgan fingerprint density at radius 2 is 1.74 bits per heavy atom. The van der Waals surface area contributed by atoms with Crippen LogP contribution >= 0.6 is 11.6 Å². The Morgan fingerprint density at radius 3 is 2.37 bits per heavy atom. The molecule has 0 aliphatic heterocycles. The highest BCUT2D eigenvalue weighted by Gasteiger charge is 2.38. The molecule has 224 valence electrons. The second-order valence-electron chi connectivity index (χ2n) is 10.9. The van der Waals surface area contributed by atoms with Crippen LogP contribution in [0.5, 0.6) is 0 Å².